The molecule has 0 radical (unpaired) electrons. The van der Waals surface area contributed by atoms with Crippen molar-refractivity contribution in [3.8, 4) is 0 Å². The Hall–Kier alpha value is -1.83. The SMILES string of the molecule is CCn1c(SCc2ccc(Br)cc2)nnc(Nc2cccc(Cl)c2C)c1=O. The summed E-state index contributed by atoms with van der Waals surface area (Å²) < 4.78 is 2.66. The highest BCUT2D eigenvalue weighted by atomic mass is 79.9. The number of anilines is 2. The Kier molecular flexibility index (Phi) is 6.57. The first-order chi connectivity index (χ1) is 13.0. The molecule has 1 N–H and O–H groups in total. The Morgan fingerprint density at radius 2 is 1.93 bits per heavy atom. The molecule has 3 rings (SSSR count). The predicted molar refractivity (Wildman–Crippen MR) is 115 cm³/mol. The first-order valence-corrected chi connectivity index (χ1v) is 10.5. The largest absolute Gasteiger partial charge is 0.334 e. The van der Waals surface area contributed by atoms with Gasteiger partial charge in [0.25, 0.3) is 5.56 Å². The van der Waals surface area contributed by atoms with Gasteiger partial charge in [0.2, 0.25) is 5.82 Å². The average Bonchev–Trinajstić information content (AvgIpc) is 2.66. The summed E-state index contributed by atoms with van der Waals surface area (Å²) in [5.41, 5.74) is 2.55. The lowest BCUT2D eigenvalue weighted by Gasteiger charge is -2.13. The van der Waals surface area contributed by atoms with E-state index in [4.69, 9.17) is 11.6 Å². The number of halogens is 2. The van der Waals surface area contributed by atoms with Crippen molar-refractivity contribution < 1.29 is 0 Å². The Labute approximate surface area is 175 Å². The second-order valence-corrected chi connectivity index (χ2v) is 8.10. The number of nitrogens with one attached hydrogen (secondary N) is 1. The standard InChI is InChI=1S/C19H18BrClN4OS/c1-3-25-18(26)17(22-16-6-4-5-15(21)12(16)2)23-24-19(25)27-11-13-7-9-14(20)10-8-13/h4-10H,3,11H2,1-2H3,(H,22,23). The fraction of sp³-hybridized carbons (Fsp3) is 0.211. The molecule has 3 aromatic rings. The lowest BCUT2D eigenvalue weighted by Crippen LogP contribution is -2.26. The monoisotopic (exact) mass is 464 g/mol. The molecular formula is C19H18BrClN4OS. The molecule has 27 heavy (non-hydrogen) atoms. The second kappa shape index (κ2) is 8.91. The molecule has 0 saturated carbocycles. The van der Waals surface area contributed by atoms with Crippen LogP contribution in [0.25, 0.3) is 0 Å². The van der Waals surface area contributed by atoms with E-state index in [1.165, 1.54) is 11.8 Å². The summed E-state index contributed by atoms with van der Waals surface area (Å²) in [7, 11) is 0. The Morgan fingerprint density at radius 1 is 1.19 bits per heavy atom. The molecule has 0 unspecified atom stereocenters. The summed E-state index contributed by atoms with van der Waals surface area (Å²) >= 11 is 11.1. The molecule has 0 aliphatic carbocycles. The van der Waals surface area contributed by atoms with Gasteiger partial charge in [-0.05, 0) is 49.2 Å². The van der Waals surface area contributed by atoms with E-state index in [-0.39, 0.29) is 11.4 Å². The van der Waals surface area contributed by atoms with Gasteiger partial charge in [0.15, 0.2) is 5.16 Å². The van der Waals surface area contributed by atoms with Gasteiger partial charge in [-0.25, -0.2) is 0 Å². The molecule has 140 valence electrons. The van der Waals surface area contributed by atoms with E-state index in [2.05, 4.69) is 31.4 Å². The van der Waals surface area contributed by atoms with Crippen molar-refractivity contribution in [3.63, 3.8) is 0 Å². The lowest BCUT2D eigenvalue weighted by molar-refractivity contribution is 0.597. The molecule has 0 amide bonds. The van der Waals surface area contributed by atoms with Crippen molar-refractivity contribution >= 4 is 50.8 Å². The maximum absolute atomic E-state index is 12.8. The molecule has 2 aromatic carbocycles. The van der Waals surface area contributed by atoms with Crippen LogP contribution in [-0.2, 0) is 12.3 Å². The van der Waals surface area contributed by atoms with Crippen molar-refractivity contribution in [2.75, 3.05) is 5.32 Å². The number of hydrogen-bond acceptors (Lipinski definition) is 5. The molecule has 0 bridgehead atoms. The van der Waals surface area contributed by atoms with Crippen LogP contribution in [0.15, 0.2) is 56.9 Å². The normalized spacial score (nSPS) is 10.8. The van der Waals surface area contributed by atoms with Crippen LogP contribution >= 0.6 is 39.3 Å². The zero-order valence-corrected chi connectivity index (χ0v) is 18.0. The Morgan fingerprint density at radius 3 is 2.63 bits per heavy atom. The fourth-order valence-electron chi connectivity index (χ4n) is 2.47. The van der Waals surface area contributed by atoms with Gasteiger partial charge in [0, 0.05) is 27.5 Å². The van der Waals surface area contributed by atoms with Gasteiger partial charge in [0.1, 0.15) is 0 Å². The topological polar surface area (TPSA) is 59.8 Å². The number of thioether (sulfide) groups is 1. The molecule has 0 aliphatic heterocycles. The van der Waals surface area contributed by atoms with Crippen LogP contribution in [-0.4, -0.2) is 14.8 Å². The van der Waals surface area contributed by atoms with Gasteiger partial charge < -0.3 is 5.32 Å². The predicted octanol–water partition coefficient (Wildman–Crippen LogP) is 5.42. The third kappa shape index (κ3) is 4.72. The molecular weight excluding hydrogens is 448 g/mol. The van der Waals surface area contributed by atoms with Crippen molar-refractivity contribution in [1.82, 2.24) is 14.8 Å². The molecule has 0 aliphatic rings. The Bertz CT molecular complexity index is 1010. The number of rotatable bonds is 6. The van der Waals surface area contributed by atoms with Crippen LogP contribution in [0, 0.1) is 6.92 Å². The minimum Gasteiger partial charge on any atom is -0.334 e. The van der Waals surface area contributed by atoms with E-state index in [9.17, 15) is 4.79 Å². The first kappa shape index (κ1) is 19.9. The zero-order valence-electron chi connectivity index (χ0n) is 14.9. The Balaban J connectivity index is 1.83. The van der Waals surface area contributed by atoms with Crippen LogP contribution in [0.1, 0.15) is 18.1 Å². The van der Waals surface area contributed by atoms with Gasteiger partial charge in [0.05, 0.1) is 0 Å². The van der Waals surface area contributed by atoms with Crippen LogP contribution in [0.5, 0.6) is 0 Å². The smallest absolute Gasteiger partial charge is 0.297 e. The average molecular weight is 466 g/mol. The van der Waals surface area contributed by atoms with Crippen molar-refractivity contribution in [3.05, 3.63) is 73.4 Å². The molecule has 0 atom stereocenters. The third-order valence-corrected chi connectivity index (χ3v) is 6.01. The summed E-state index contributed by atoms with van der Waals surface area (Å²) in [4.78, 5) is 12.8. The summed E-state index contributed by atoms with van der Waals surface area (Å²) in [5.74, 6) is 0.900. The van der Waals surface area contributed by atoms with E-state index in [0.717, 1.165) is 21.3 Å². The molecule has 8 heteroatoms. The number of aromatic nitrogens is 3. The summed E-state index contributed by atoms with van der Waals surface area (Å²) in [6.07, 6.45) is 0. The van der Waals surface area contributed by atoms with Gasteiger partial charge in [-0.1, -0.05) is 57.5 Å². The van der Waals surface area contributed by atoms with E-state index in [1.54, 1.807) is 10.6 Å². The van der Waals surface area contributed by atoms with Crippen LogP contribution < -0.4 is 10.9 Å². The fourth-order valence-corrected chi connectivity index (χ4v) is 3.86. The maximum atomic E-state index is 12.8. The summed E-state index contributed by atoms with van der Waals surface area (Å²) in [6.45, 7) is 4.32. The molecule has 0 spiro atoms. The maximum Gasteiger partial charge on any atom is 0.297 e. The zero-order chi connectivity index (χ0) is 19.4. The highest BCUT2D eigenvalue weighted by molar-refractivity contribution is 9.10. The van der Waals surface area contributed by atoms with Gasteiger partial charge in [-0.3, -0.25) is 9.36 Å². The van der Waals surface area contributed by atoms with E-state index in [1.807, 2.05) is 50.2 Å². The van der Waals surface area contributed by atoms with Crippen LogP contribution in [0.4, 0.5) is 11.5 Å². The number of nitrogens with zero attached hydrogens (tertiary/aromatic N) is 3. The van der Waals surface area contributed by atoms with E-state index in [0.29, 0.717) is 22.5 Å². The second-order valence-electron chi connectivity index (χ2n) is 5.83. The quantitative estimate of drug-likeness (QED) is 0.493. The summed E-state index contributed by atoms with van der Waals surface area (Å²) in [6, 6.07) is 13.6. The van der Waals surface area contributed by atoms with Crippen molar-refractivity contribution in [2.45, 2.75) is 31.3 Å². The molecule has 0 saturated heterocycles. The molecule has 1 aromatic heterocycles. The van der Waals surface area contributed by atoms with Gasteiger partial charge in [-0.2, -0.15) is 0 Å². The minimum atomic E-state index is -0.204. The van der Waals surface area contributed by atoms with Crippen molar-refractivity contribution in [1.29, 1.82) is 0 Å². The van der Waals surface area contributed by atoms with Crippen LogP contribution in [0.2, 0.25) is 5.02 Å². The third-order valence-electron chi connectivity index (χ3n) is 4.03. The molecule has 0 fully saturated rings. The number of benzene rings is 2. The van der Waals surface area contributed by atoms with Gasteiger partial charge >= 0.3 is 0 Å². The van der Waals surface area contributed by atoms with Crippen molar-refractivity contribution in [2.24, 2.45) is 0 Å². The molecule has 1 heterocycles. The van der Waals surface area contributed by atoms with E-state index >= 15 is 0 Å². The van der Waals surface area contributed by atoms with E-state index < -0.39 is 0 Å². The highest BCUT2D eigenvalue weighted by Gasteiger charge is 2.13. The number of hydrogen-bond donors (Lipinski definition) is 1. The highest BCUT2D eigenvalue weighted by Crippen LogP contribution is 2.25. The molecule has 5 nitrogen and oxygen atoms in total. The minimum absolute atomic E-state index is 0.190. The van der Waals surface area contributed by atoms with Crippen LogP contribution in [0.3, 0.4) is 0 Å². The summed E-state index contributed by atoms with van der Waals surface area (Å²) in [5, 5.41) is 12.7. The lowest BCUT2D eigenvalue weighted by atomic mass is 10.2. The first-order valence-electron chi connectivity index (χ1n) is 8.36. The van der Waals surface area contributed by atoms with Gasteiger partial charge in [-0.15, -0.1) is 10.2 Å².